The predicted octanol–water partition coefficient (Wildman–Crippen LogP) is -3.00. The molecule has 0 aromatic rings. The summed E-state index contributed by atoms with van der Waals surface area (Å²) < 4.78 is 0. The van der Waals surface area contributed by atoms with Crippen LogP contribution in [0.4, 0.5) is 0 Å². The van der Waals surface area contributed by atoms with Crippen molar-refractivity contribution in [3.05, 3.63) is 0 Å². The van der Waals surface area contributed by atoms with Crippen molar-refractivity contribution < 1.29 is 37.4 Å². The fourth-order valence-electron chi connectivity index (χ4n) is 0. The average molecular weight is 122 g/mol. The summed E-state index contributed by atoms with van der Waals surface area (Å²) in [6.07, 6.45) is 0. The molecule has 4 heteroatoms. The van der Waals surface area contributed by atoms with Gasteiger partial charge in [0.25, 0.3) is 0 Å². The van der Waals surface area contributed by atoms with Crippen LogP contribution in [0, 0.1) is 0 Å². The van der Waals surface area contributed by atoms with Gasteiger partial charge in [-0.25, -0.2) is 0 Å². The van der Waals surface area contributed by atoms with Crippen LogP contribution in [0.2, 0.25) is 0 Å². The SMILES string of the molecule is [Li+].[S-2].[S-2].[V+3]. The maximum atomic E-state index is 0. The zero-order valence-corrected chi connectivity index (χ0v) is 5.29. The summed E-state index contributed by atoms with van der Waals surface area (Å²) in [5, 5.41) is 0. The Labute approximate surface area is 64.1 Å². The molecule has 0 amide bonds. The zero-order chi connectivity index (χ0) is 0. The van der Waals surface area contributed by atoms with Gasteiger partial charge < -0.3 is 27.0 Å². The second-order valence-electron chi connectivity index (χ2n) is 0. The molecule has 0 nitrogen and oxygen atoms in total. The van der Waals surface area contributed by atoms with Crippen LogP contribution >= 0.6 is 0 Å². The van der Waals surface area contributed by atoms with Crippen LogP contribution in [0.15, 0.2) is 0 Å². The molecule has 0 aromatic heterocycles. The molecule has 0 fully saturated rings. The number of hydrogen-bond donors (Lipinski definition) is 0. The quantitative estimate of drug-likeness (QED) is 0.300. The van der Waals surface area contributed by atoms with Crippen molar-refractivity contribution in [1.82, 2.24) is 0 Å². The van der Waals surface area contributed by atoms with Crippen LogP contribution in [0.25, 0.3) is 0 Å². The Hall–Kier alpha value is 1.88. The predicted molar refractivity (Wildman–Crippen MR) is 14.7 cm³/mol. The number of hydrogen-bond acceptors (Lipinski definition) is 0. The summed E-state index contributed by atoms with van der Waals surface area (Å²) >= 11 is 0. The van der Waals surface area contributed by atoms with Gasteiger partial charge in [0, 0.05) is 0 Å². The molecule has 0 atom stereocenters. The molecule has 0 aromatic carbocycles. The molecule has 0 saturated carbocycles. The molecule has 0 spiro atoms. The van der Waals surface area contributed by atoms with Crippen molar-refractivity contribution in [2.24, 2.45) is 0 Å². The second-order valence-corrected chi connectivity index (χ2v) is 0. The van der Waals surface area contributed by atoms with Crippen LogP contribution in [0.3, 0.4) is 0 Å². The molecular weight excluding hydrogens is 122 g/mol. The van der Waals surface area contributed by atoms with E-state index in [9.17, 15) is 0 Å². The molecule has 0 aliphatic heterocycles. The van der Waals surface area contributed by atoms with Crippen LogP contribution in [-0.4, -0.2) is 0 Å². The van der Waals surface area contributed by atoms with Gasteiger partial charge in [0.05, 0.1) is 0 Å². The Balaban J connectivity index is 0. The van der Waals surface area contributed by atoms with Gasteiger partial charge in [-0.2, -0.15) is 0 Å². The van der Waals surface area contributed by atoms with Crippen molar-refractivity contribution in [2.75, 3.05) is 0 Å². The van der Waals surface area contributed by atoms with Crippen LogP contribution in [-0.2, 0) is 45.5 Å². The normalized spacial score (nSPS) is 0. The summed E-state index contributed by atoms with van der Waals surface area (Å²) in [4.78, 5) is 0. The van der Waals surface area contributed by atoms with E-state index >= 15 is 0 Å². The molecule has 0 N–H and O–H groups in total. The second kappa shape index (κ2) is 20.8. The van der Waals surface area contributed by atoms with Gasteiger partial charge in [-0.05, 0) is 0 Å². The molecule has 18 valence electrons. The summed E-state index contributed by atoms with van der Waals surface area (Å²) in [6, 6.07) is 0. The standard InChI is InChI=1S/Li.2S.V/q+1;2*-2;+3. The van der Waals surface area contributed by atoms with Crippen LogP contribution in [0.5, 0.6) is 0 Å². The first-order chi connectivity index (χ1) is 0. The van der Waals surface area contributed by atoms with Gasteiger partial charge in [-0.3, -0.25) is 0 Å². The topological polar surface area (TPSA) is 0 Å². The fraction of sp³-hybridized carbons (Fsp3) is 0. The Bertz CT molecular complexity index is 6.00. The van der Waals surface area contributed by atoms with Crippen LogP contribution in [0.1, 0.15) is 0 Å². The molecule has 0 heterocycles. The molecule has 4 heavy (non-hydrogen) atoms. The fourth-order valence-corrected chi connectivity index (χ4v) is 0. The minimum Gasteiger partial charge on any atom is -2.00 e. The van der Waals surface area contributed by atoms with E-state index in [1.165, 1.54) is 0 Å². The molecule has 0 unspecified atom stereocenters. The van der Waals surface area contributed by atoms with E-state index < -0.39 is 0 Å². The molecule has 0 aliphatic rings. The summed E-state index contributed by atoms with van der Waals surface area (Å²) in [6.45, 7) is 0. The van der Waals surface area contributed by atoms with Crippen molar-refractivity contribution in [3.63, 3.8) is 0 Å². The van der Waals surface area contributed by atoms with E-state index in [0.29, 0.717) is 0 Å². The Kier molecular flexibility index (Phi) is 206. The van der Waals surface area contributed by atoms with E-state index in [1.807, 2.05) is 0 Å². The maximum absolute atomic E-state index is 0. The minimum atomic E-state index is 0. The third kappa shape index (κ3) is 9.10. The molecule has 0 aliphatic carbocycles. The summed E-state index contributed by atoms with van der Waals surface area (Å²) in [5.74, 6) is 0. The maximum Gasteiger partial charge on any atom is 3.00 e. The molecule has 0 rings (SSSR count). The molecule has 0 saturated heterocycles. The molecular formula is LiS2V. The molecule has 0 bridgehead atoms. The van der Waals surface area contributed by atoms with Crippen molar-refractivity contribution >= 4 is 27.0 Å². The zero-order valence-electron chi connectivity index (χ0n) is 2.26. The van der Waals surface area contributed by atoms with E-state index in [1.54, 1.807) is 0 Å². The van der Waals surface area contributed by atoms with E-state index in [0.717, 1.165) is 0 Å². The largest absolute Gasteiger partial charge is 3.00 e. The van der Waals surface area contributed by atoms with Gasteiger partial charge >= 0.3 is 37.4 Å². The first-order valence-corrected chi connectivity index (χ1v) is 0. The Morgan fingerprint density at radius 1 is 0.750 bits per heavy atom. The minimum absolute atomic E-state index is 0. The van der Waals surface area contributed by atoms with E-state index in [4.69, 9.17) is 0 Å². The third-order valence-corrected chi connectivity index (χ3v) is 0. The Morgan fingerprint density at radius 3 is 0.750 bits per heavy atom. The summed E-state index contributed by atoms with van der Waals surface area (Å²) in [7, 11) is 0. The summed E-state index contributed by atoms with van der Waals surface area (Å²) in [5.41, 5.74) is 0. The first kappa shape index (κ1) is 39.6. The average Bonchev–Trinajstić information content (AvgIpc) is 0. The smallest absolute Gasteiger partial charge is 2.00 e. The van der Waals surface area contributed by atoms with Crippen molar-refractivity contribution in [1.29, 1.82) is 0 Å². The van der Waals surface area contributed by atoms with Crippen molar-refractivity contribution in [2.45, 2.75) is 0 Å². The Morgan fingerprint density at radius 2 is 0.750 bits per heavy atom. The van der Waals surface area contributed by atoms with Gasteiger partial charge in [-0.1, -0.05) is 0 Å². The third-order valence-electron chi connectivity index (χ3n) is 0. The van der Waals surface area contributed by atoms with Crippen LogP contribution < -0.4 is 18.9 Å². The van der Waals surface area contributed by atoms with Crippen molar-refractivity contribution in [3.8, 4) is 0 Å². The molecule has 0 radical (unpaired) electrons. The monoisotopic (exact) mass is 122 g/mol. The number of rotatable bonds is 0. The van der Waals surface area contributed by atoms with Gasteiger partial charge in [-0.15, -0.1) is 0 Å². The first-order valence-electron chi connectivity index (χ1n) is 0. The van der Waals surface area contributed by atoms with E-state index in [-0.39, 0.29) is 64.4 Å². The van der Waals surface area contributed by atoms with Gasteiger partial charge in [0.15, 0.2) is 0 Å². The van der Waals surface area contributed by atoms with E-state index in [2.05, 4.69) is 0 Å². The van der Waals surface area contributed by atoms with Gasteiger partial charge in [0.1, 0.15) is 0 Å². The van der Waals surface area contributed by atoms with Gasteiger partial charge in [0.2, 0.25) is 0 Å².